The first-order valence-electron chi connectivity index (χ1n) is 4.36. The number of rotatable bonds is 1. The summed E-state index contributed by atoms with van der Waals surface area (Å²) in [5.41, 5.74) is 1.95. The van der Waals surface area contributed by atoms with Gasteiger partial charge in [0.25, 0.3) is 0 Å². The van der Waals surface area contributed by atoms with Crippen LogP contribution in [0.4, 0.5) is 0 Å². The molecule has 0 unspecified atom stereocenters. The lowest BCUT2D eigenvalue weighted by molar-refractivity contribution is 1.09. The predicted molar refractivity (Wildman–Crippen MR) is 53.2 cm³/mol. The average Bonchev–Trinajstić information content (AvgIpc) is 2.85. The number of hydrogen-bond donors (Lipinski definition) is 1. The molecule has 3 heterocycles. The van der Waals surface area contributed by atoms with E-state index in [1.807, 2.05) is 35.2 Å². The molecule has 1 N–H and O–H groups in total. The standard InChI is InChI=1S/C10H8N4/c1-2-8-3-5-14(10(8)11-4-1)9-6-12-13-7-9/h1-7H,(H,12,13). The van der Waals surface area contributed by atoms with E-state index in [9.17, 15) is 0 Å². The van der Waals surface area contributed by atoms with Gasteiger partial charge in [0.05, 0.1) is 11.9 Å². The fraction of sp³-hybridized carbons (Fsp3) is 0. The number of hydrogen-bond acceptors (Lipinski definition) is 2. The van der Waals surface area contributed by atoms with Gasteiger partial charge in [0.2, 0.25) is 0 Å². The molecule has 14 heavy (non-hydrogen) atoms. The second-order valence-electron chi connectivity index (χ2n) is 3.06. The van der Waals surface area contributed by atoms with Crippen LogP contribution in [0, 0.1) is 0 Å². The molecule has 0 saturated carbocycles. The molecule has 0 aliphatic heterocycles. The number of fused-ring (bicyclic) bond motifs is 1. The molecule has 0 radical (unpaired) electrons. The maximum Gasteiger partial charge on any atom is 0.144 e. The fourth-order valence-corrected chi connectivity index (χ4v) is 1.55. The Labute approximate surface area is 80.2 Å². The van der Waals surface area contributed by atoms with Crippen LogP contribution in [0.25, 0.3) is 16.7 Å². The molecule has 0 fully saturated rings. The lowest BCUT2D eigenvalue weighted by Gasteiger charge is -1.98. The van der Waals surface area contributed by atoms with Crippen molar-refractivity contribution >= 4 is 11.0 Å². The lowest BCUT2D eigenvalue weighted by atomic mass is 10.3. The maximum absolute atomic E-state index is 4.32. The quantitative estimate of drug-likeness (QED) is 0.626. The predicted octanol–water partition coefficient (Wildman–Crippen LogP) is 1.75. The third-order valence-corrected chi connectivity index (χ3v) is 2.21. The normalized spacial score (nSPS) is 10.9. The van der Waals surface area contributed by atoms with E-state index in [1.165, 1.54) is 0 Å². The summed E-state index contributed by atoms with van der Waals surface area (Å²) < 4.78 is 2.00. The Hall–Kier alpha value is -2.10. The molecule has 4 nitrogen and oxygen atoms in total. The molecule has 68 valence electrons. The molecular formula is C10H8N4. The molecule has 0 bridgehead atoms. The highest BCUT2D eigenvalue weighted by Crippen LogP contribution is 2.16. The van der Waals surface area contributed by atoms with Gasteiger partial charge in [-0.05, 0) is 18.2 Å². The van der Waals surface area contributed by atoms with Crippen LogP contribution in [-0.2, 0) is 0 Å². The number of H-pyrrole nitrogens is 1. The van der Waals surface area contributed by atoms with Crippen LogP contribution in [0.15, 0.2) is 43.0 Å². The molecule has 0 aromatic carbocycles. The van der Waals surface area contributed by atoms with Crippen LogP contribution < -0.4 is 0 Å². The zero-order chi connectivity index (χ0) is 9.38. The van der Waals surface area contributed by atoms with Crippen LogP contribution in [-0.4, -0.2) is 19.7 Å². The number of aromatic nitrogens is 4. The topological polar surface area (TPSA) is 46.5 Å². The average molecular weight is 184 g/mol. The van der Waals surface area contributed by atoms with E-state index in [2.05, 4.69) is 15.2 Å². The minimum Gasteiger partial charge on any atom is -0.298 e. The largest absolute Gasteiger partial charge is 0.298 e. The number of nitrogens with zero attached hydrogens (tertiary/aromatic N) is 3. The monoisotopic (exact) mass is 184 g/mol. The van der Waals surface area contributed by atoms with Crippen molar-refractivity contribution in [1.29, 1.82) is 0 Å². The van der Waals surface area contributed by atoms with Crippen LogP contribution in [0.2, 0.25) is 0 Å². The van der Waals surface area contributed by atoms with Gasteiger partial charge < -0.3 is 0 Å². The minimum absolute atomic E-state index is 0.953. The van der Waals surface area contributed by atoms with Gasteiger partial charge in [0.1, 0.15) is 5.65 Å². The molecule has 0 spiro atoms. The smallest absolute Gasteiger partial charge is 0.144 e. The van der Waals surface area contributed by atoms with Crippen LogP contribution >= 0.6 is 0 Å². The van der Waals surface area contributed by atoms with Crippen molar-refractivity contribution in [3.63, 3.8) is 0 Å². The Morgan fingerprint density at radius 1 is 1.29 bits per heavy atom. The van der Waals surface area contributed by atoms with Crippen molar-refractivity contribution in [1.82, 2.24) is 19.7 Å². The summed E-state index contributed by atoms with van der Waals surface area (Å²) in [6.45, 7) is 0. The van der Waals surface area contributed by atoms with Gasteiger partial charge in [0.15, 0.2) is 0 Å². The molecular weight excluding hydrogens is 176 g/mol. The second kappa shape index (κ2) is 2.70. The molecule has 0 amide bonds. The van der Waals surface area contributed by atoms with Crippen molar-refractivity contribution in [3.05, 3.63) is 43.0 Å². The highest BCUT2D eigenvalue weighted by molar-refractivity contribution is 5.77. The second-order valence-corrected chi connectivity index (χ2v) is 3.06. The first-order chi connectivity index (χ1) is 6.95. The van der Waals surface area contributed by atoms with E-state index < -0.39 is 0 Å². The summed E-state index contributed by atoms with van der Waals surface area (Å²) in [6, 6.07) is 6.01. The summed E-state index contributed by atoms with van der Waals surface area (Å²) in [5.74, 6) is 0. The number of aromatic amines is 1. The van der Waals surface area contributed by atoms with Gasteiger partial charge in [-0.1, -0.05) is 0 Å². The molecule has 0 aliphatic rings. The lowest BCUT2D eigenvalue weighted by Crippen LogP contribution is -1.90. The summed E-state index contributed by atoms with van der Waals surface area (Å²) in [5, 5.41) is 7.83. The Morgan fingerprint density at radius 2 is 2.29 bits per heavy atom. The highest BCUT2D eigenvalue weighted by atomic mass is 15.1. The SMILES string of the molecule is c1cnc2c(c1)ccn2-c1cn[nH]c1. The van der Waals surface area contributed by atoms with E-state index in [-0.39, 0.29) is 0 Å². The van der Waals surface area contributed by atoms with Crippen LogP contribution in [0.3, 0.4) is 0 Å². The van der Waals surface area contributed by atoms with Crippen molar-refractivity contribution in [2.45, 2.75) is 0 Å². The van der Waals surface area contributed by atoms with Crippen molar-refractivity contribution in [2.24, 2.45) is 0 Å². The summed E-state index contributed by atoms with van der Waals surface area (Å²) >= 11 is 0. The third-order valence-electron chi connectivity index (χ3n) is 2.21. The maximum atomic E-state index is 4.32. The Bertz CT molecular complexity index is 550. The van der Waals surface area contributed by atoms with Crippen LogP contribution in [0.1, 0.15) is 0 Å². The summed E-state index contributed by atoms with van der Waals surface area (Å²) in [6.07, 6.45) is 7.39. The van der Waals surface area contributed by atoms with E-state index in [1.54, 1.807) is 12.4 Å². The van der Waals surface area contributed by atoms with Gasteiger partial charge in [-0.25, -0.2) is 4.98 Å². The Kier molecular flexibility index (Phi) is 1.41. The van der Waals surface area contributed by atoms with Gasteiger partial charge in [0, 0.05) is 24.0 Å². The molecule has 0 saturated heterocycles. The first kappa shape index (κ1) is 7.32. The Balaban J connectivity index is 2.33. The van der Waals surface area contributed by atoms with Gasteiger partial charge in [-0.15, -0.1) is 0 Å². The Morgan fingerprint density at radius 3 is 3.14 bits per heavy atom. The summed E-state index contributed by atoms with van der Waals surface area (Å²) in [7, 11) is 0. The highest BCUT2D eigenvalue weighted by Gasteiger charge is 2.03. The fourth-order valence-electron chi connectivity index (χ4n) is 1.55. The molecule has 3 aromatic rings. The summed E-state index contributed by atoms with van der Waals surface area (Å²) in [4.78, 5) is 4.32. The van der Waals surface area contributed by atoms with Crippen LogP contribution in [0.5, 0.6) is 0 Å². The zero-order valence-corrected chi connectivity index (χ0v) is 7.38. The number of pyridine rings is 1. The van der Waals surface area contributed by atoms with E-state index in [0.717, 1.165) is 16.7 Å². The molecule has 4 heteroatoms. The molecule has 0 atom stereocenters. The van der Waals surface area contributed by atoms with Gasteiger partial charge >= 0.3 is 0 Å². The van der Waals surface area contributed by atoms with Gasteiger partial charge in [-0.3, -0.25) is 9.67 Å². The van der Waals surface area contributed by atoms with E-state index >= 15 is 0 Å². The molecule has 0 aliphatic carbocycles. The van der Waals surface area contributed by atoms with Crippen molar-refractivity contribution < 1.29 is 0 Å². The number of nitrogens with one attached hydrogen (secondary N) is 1. The third kappa shape index (κ3) is 0.939. The van der Waals surface area contributed by atoms with E-state index in [4.69, 9.17) is 0 Å². The first-order valence-corrected chi connectivity index (χ1v) is 4.36. The van der Waals surface area contributed by atoms with Crippen molar-refractivity contribution in [2.75, 3.05) is 0 Å². The molecule has 3 rings (SSSR count). The minimum atomic E-state index is 0.953. The van der Waals surface area contributed by atoms with Gasteiger partial charge in [-0.2, -0.15) is 5.10 Å². The van der Waals surface area contributed by atoms with Crippen molar-refractivity contribution in [3.8, 4) is 5.69 Å². The molecule has 3 aromatic heterocycles. The zero-order valence-electron chi connectivity index (χ0n) is 7.38. The van der Waals surface area contributed by atoms with E-state index in [0.29, 0.717) is 0 Å².